The van der Waals surface area contributed by atoms with Crippen molar-refractivity contribution >= 4 is 23.6 Å². The third-order valence-electron chi connectivity index (χ3n) is 4.27. The number of rotatable bonds is 7. The highest BCUT2D eigenvalue weighted by molar-refractivity contribution is 6.15. The lowest BCUT2D eigenvalue weighted by Crippen LogP contribution is -2.42. The summed E-state index contributed by atoms with van der Waals surface area (Å²) in [5.41, 5.74) is 0.323. The van der Waals surface area contributed by atoms with Crippen molar-refractivity contribution in [3.05, 3.63) is 65.4 Å². The average Bonchev–Trinajstić information content (AvgIpc) is 2.71. The van der Waals surface area contributed by atoms with E-state index < -0.39 is 29.3 Å². The maximum Gasteiger partial charge on any atom is 0.350 e. The molecule has 0 bridgehead atoms. The number of esters is 2. The van der Waals surface area contributed by atoms with Crippen LogP contribution in [0.25, 0.3) is 0 Å². The molecule has 0 unspecified atom stereocenters. The van der Waals surface area contributed by atoms with Crippen LogP contribution < -0.4 is 14.8 Å². The van der Waals surface area contributed by atoms with Crippen LogP contribution >= 0.6 is 0 Å². The molecule has 1 heterocycles. The molecule has 9 nitrogen and oxygen atoms in total. The lowest BCUT2D eigenvalue weighted by Gasteiger charge is -2.29. The number of anilines is 1. The van der Waals surface area contributed by atoms with Crippen molar-refractivity contribution in [1.82, 2.24) is 0 Å². The van der Waals surface area contributed by atoms with Crippen LogP contribution in [0, 0.1) is 0 Å². The predicted molar refractivity (Wildman–Crippen MR) is 109 cm³/mol. The van der Waals surface area contributed by atoms with Crippen LogP contribution in [0.1, 0.15) is 29.8 Å². The van der Waals surface area contributed by atoms with Gasteiger partial charge in [0.25, 0.3) is 5.79 Å². The Morgan fingerprint density at radius 3 is 2.32 bits per heavy atom. The highest BCUT2D eigenvalue weighted by atomic mass is 16.7. The highest BCUT2D eigenvalue weighted by Crippen LogP contribution is 2.39. The monoisotopic (exact) mass is 427 g/mol. The van der Waals surface area contributed by atoms with Crippen molar-refractivity contribution in [1.29, 1.82) is 0 Å². The Morgan fingerprint density at radius 2 is 1.74 bits per heavy atom. The first-order valence-electron chi connectivity index (χ1n) is 9.26. The SMILES string of the molecule is COc1c(OCc2ccccc2)ccc(C(=O)O)c1NC=C1C(=O)OC(C)(C)OC1=O. The molecule has 9 heteroatoms. The van der Waals surface area contributed by atoms with Crippen molar-refractivity contribution in [3.8, 4) is 11.5 Å². The van der Waals surface area contributed by atoms with Crippen molar-refractivity contribution in [2.45, 2.75) is 26.2 Å². The third-order valence-corrected chi connectivity index (χ3v) is 4.27. The molecule has 0 aliphatic carbocycles. The Balaban J connectivity index is 1.93. The number of benzene rings is 2. The normalized spacial score (nSPS) is 14.9. The number of nitrogens with one attached hydrogen (secondary N) is 1. The van der Waals surface area contributed by atoms with E-state index in [1.807, 2.05) is 30.3 Å². The Bertz CT molecular complexity index is 1020. The Kier molecular flexibility index (Phi) is 6.15. The molecule has 162 valence electrons. The van der Waals surface area contributed by atoms with Gasteiger partial charge in [-0.25, -0.2) is 14.4 Å². The van der Waals surface area contributed by atoms with Gasteiger partial charge in [-0.05, 0) is 17.7 Å². The number of carboxylic acid groups (broad SMARTS) is 1. The van der Waals surface area contributed by atoms with E-state index in [-0.39, 0.29) is 29.4 Å². The third kappa shape index (κ3) is 4.95. The van der Waals surface area contributed by atoms with E-state index >= 15 is 0 Å². The van der Waals surface area contributed by atoms with E-state index in [1.165, 1.54) is 33.1 Å². The quantitative estimate of drug-likeness (QED) is 0.390. The van der Waals surface area contributed by atoms with Crippen molar-refractivity contribution < 1.29 is 38.4 Å². The van der Waals surface area contributed by atoms with E-state index in [1.54, 1.807) is 0 Å². The van der Waals surface area contributed by atoms with E-state index in [9.17, 15) is 19.5 Å². The molecule has 2 aromatic rings. The molecule has 0 atom stereocenters. The van der Waals surface area contributed by atoms with Crippen molar-refractivity contribution in [2.24, 2.45) is 0 Å². The number of hydrogen-bond acceptors (Lipinski definition) is 8. The molecule has 3 rings (SSSR count). The summed E-state index contributed by atoms with van der Waals surface area (Å²) in [6.45, 7) is 3.07. The molecule has 31 heavy (non-hydrogen) atoms. The molecule has 1 fully saturated rings. The van der Waals surface area contributed by atoms with Gasteiger partial charge in [0.2, 0.25) is 0 Å². The summed E-state index contributed by atoms with van der Waals surface area (Å²) in [7, 11) is 1.35. The predicted octanol–water partition coefficient (Wildman–Crippen LogP) is 3.10. The van der Waals surface area contributed by atoms with Gasteiger partial charge in [0.05, 0.1) is 18.4 Å². The van der Waals surface area contributed by atoms with Crippen LogP contribution in [-0.2, 0) is 25.7 Å². The number of ether oxygens (including phenoxy) is 4. The van der Waals surface area contributed by atoms with Crippen LogP contribution in [0.5, 0.6) is 11.5 Å². The second-order valence-electron chi connectivity index (χ2n) is 6.98. The van der Waals surface area contributed by atoms with Gasteiger partial charge in [0, 0.05) is 20.0 Å². The Morgan fingerprint density at radius 1 is 1.10 bits per heavy atom. The minimum absolute atomic E-state index is 0.00139. The van der Waals surface area contributed by atoms with Crippen LogP contribution in [-0.4, -0.2) is 35.9 Å². The fourth-order valence-electron chi connectivity index (χ4n) is 2.86. The van der Waals surface area contributed by atoms with Gasteiger partial charge in [-0.15, -0.1) is 0 Å². The molecule has 2 N–H and O–H groups in total. The summed E-state index contributed by atoms with van der Waals surface area (Å²) in [5, 5.41) is 12.2. The lowest BCUT2D eigenvalue weighted by molar-refractivity contribution is -0.222. The van der Waals surface area contributed by atoms with Crippen LogP contribution in [0.15, 0.2) is 54.2 Å². The first-order chi connectivity index (χ1) is 14.7. The molecule has 0 spiro atoms. The summed E-state index contributed by atoms with van der Waals surface area (Å²) < 4.78 is 21.2. The molecule has 0 radical (unpaired) electrons. The second-order valence-corrected chi connectivity index (χ2v) is 6.98. The van der Waals surface area contributed by atoms with Gasteiger partial charge in [-0.2, -0.15) is 0 Å². The summed E-state index contributed by atoms with van der Waals surface area (Å²) >= 11 is 0. The van der Waals surface area contributed by atoms with Crippen LogP contribution in [0.3, 0.4) is 0 Å². The van der Waals surface area contributed by atoms with Gasteiger partial charge < -0.3 is 29.4 Å². The maximum atomic E-state index is 12.1. The number of carboxylic acids is 1. The number of methoxy groups -OCH3 is 1. The topological polar surface area (TPSA) is 120 Å². The number of carbonyl (C=O) groups is 3. The number of hydrogen-bond donors (Lipinski definition) is 2. The largest absolute Gasteiger partial charge is 0.491 e. The number of carbonyl (C=O) groups excluding carboxylic acids is 2. The molecule has 2 aromatic carbocycles. The highest BCUT2D eigenvalue weighted by Gasteiger charge is 2.39. The first kappa shape index (κ1) is 21.7. The van der Waals surface area contributed by atoms with Gasteiger partial charge in [0.15, 0.2) is 17.1 Å². The number of aromatic carboxylic acids is 1. The summed E-state index contributed by atoms with van der Waals surface area (Å²) in [5.74, 6) is -4.08. The molecule has 0 saturated carbocycles. The Hall–Kier alpha value is -4.01. The summed E-state index contributed by atoms with van der Waals surface area (Å²) in [6.07, 6.45) is 1.02. The molecule has 1 aliphatic heterocycles. The minimum Gasteiger partial charge on any atom is -0.491 e. The molecule has 1 saturated heterocycles. The van der Waals surface area contributed by atoms with Gasteiger partial charge in [-0.3, -0.25) is 0 Å². The smallest absolute Gasteiger partial charge is 0.350 e. The Labute approximate surface area is 178 Å². The molecule has 1 aliphatic rings. The molecule has 0 amide bonds. The van der Waals surface area contributed by atoms with Gasteiger partial charge in [-0.1, -0.05) is 30.3 Å². The van der Waals surface area contributed by atoms with E-state index in [0.29, 0.717) is 0 Å². The van der Waals surface area contributed by atoms with Gasteiger partial charge in [0.1, 0.15) is 6.61 Å². The number of cyclic esters (lactones) is 2. The van der Waals surface area contributed by atoms with E-state index in [0.717, 1.165) is 11.8 Å². The lowest BCUT2D eigenvalue weighted by atomic mass is 10.1. The summed E-state index contributed by atoms with van der Waals surface area (Å²) in [4.78, 5) is 36.0. The molecule has 0 aromatic heterocycles. The second kappa shape index (κ2) is 8.78. The van der Waals surface area contributed by atoms with Crippen LogP contribution in [0.4, 0.5) is 5.69 Å². The zero-order valence-corrected chi connectivity index (χ0v) is 17.1. The maximum absolute atomic E-state index is 12.1. The van der Waals surface area contributed by atoms with Crippen LogP contribution in [0.2, 0.25) is 0 Å². The standard InChI is InChI=1S/C22H21NO8/c1-22(2)30-20(26)15(21(27)31-22)11-23-17-14(19(24)25)9-10-16(18(17)28-3)29-12-13-7-5-4-6-8-13/h4-11,23H,12H2,1-3H3,(H,24,25). The molecular formula is C22H21NO8. The zero-order chi connectivity index (χ0) is 22.6. The average molecular weight is 427 g/mol. The first-order valence-corrected chi connectivity index (χ1v) is 9.26. The minimum atomic E-state index is -1.39. The van der Waals surface area contributed by atoms with E-state index in [2.05, 4.69) is 5.32 Å². The zero-order valence-electron chi connectivity index (χ0n) is 17.1. The van der Waals surface area contributed by atoms with Crippen molar-refractivity contribution in [2.75, 3.05) is 12.4 Å². The fourth-order valence-corrected chi connectivity index (χ4v) is 2.86. The summed E-state index contributed by atoms with van der Waals surface area (Å²) in [6, 6.07) is 12.2. The van der Waals surface area contributed by atoms with Gasteiger partial charge >= 0.3 is 17.9 Å². The molecular weight excluding hydrogens is 406 g/mol. The van der Waals surface area contributed by atoms with E-state index in [4.69, 9.17) is 18.9 Å². The fraction of sp³-hybridized carbons (Fsp3) is 0.227. The van der Waals surface area contributed by atoms with Crippen molar-refractivity contribution in [3.63, 3.8) is 0 Å².